The van der Waals surface area contributed by atoms with E-state index >= 15 is 0 Å². The summed E-state index contributed by atoms with van der Waals surface area (Å²) in [4.78, 5) is 4.27. The van der Waals surface area contributed by atoms with Crippen LogP contribution in [-0.4, -0.2) is 25.7 Å². The van der Waals surface area contributed by atoms with Crippen LogP contribution in [0.5, 0.6) is 11.5 Å². The summed E-state index contributed by atoms with van der Waals surface area (Å²) in [7, 11) is 3.36. The molecule has 0 radical (unpaired) electrons. The predicted octanol–water partition coefficient (Wildman–Crippen LogP) is 3.11. The van der Waals surface area contributed by atoms with E-state index in [1.54, 1.807) is 14.2 Å². The molecule has 1 aromatic carbocycles. The Labute approximate surface area is 126 Å². The quantitative estimate of drug-likeness (QED) is 0.886. The summed E-state index contributed by atoms with van der Waals surface area (Å²) in [6.07, 6.45) is 1.83. The third-order valence-electron chi connectivity index (χ3n) is 3.41. The average Bonchev–Trinajstić information content (AvgIpc) is 2.52. The molecule has 0 aliphatic carbocycles. The molecule has 0 fully saturated rings. The smallest absolute Gasteiger partial charge is 0.124 e. The largest absolute Gasteiger partial charge is 0.497 e. The summed E-state index contributed by atoms with van der Waals surface area (Å²) >= 11 is 0. The topological polar surface area (TPSA) is 43.4 Å². The molecule has 1 N–H and O–H groups in total. The standard InChI is InChI=1S/C17H22N2O2/c1-5-18-17(13-8-9-19-12(2)10-13)15-11-14(20-3)6-7-16(15)21-4/h6-11,17-18H,5H2,1-4H3. The average molecular weight is 286 g/mol. The van der Waals surface area contributed by atoms with Gasteiger partial charge in [0.15, 0.2) is 0 Å². The van der Waals surface area contributed by atoms with Gasteiger partial charge in [0, 0.05) is 17.5 Å². The summed E-state index contributed by atoms with van der Waals surface area (Å²) in [6, 6.07) is 10.0. The van der Waals surface area contributed by atoms with Gasteiger partial charge in [-0.3, -0.25) is 4.98 Å². The van der Waals surface area contributed by atoms with Gasteiger partial charge in [0.2, 0.25) is 0 Å². The third-order valence-corrected chi connectivity index (χ3v) is 3.41. The van der Waals surface area contributed by atoms with Gasteiger partial charge in [-0.15, -0.1) is 0 Å². The summed E-state index contributed by atoms with van der Waals surface area (Å²) in [5.74, 6) is 1.66. The number of nitrogens with one attached hydrogen (secondary N) is 1. The number of rotatable bonds is 6. The number of hydrogen-bond donors (Lipinski definition) is 1. The van der Waals surface area contributed by atoms with E-state index in [1.165, 1.54) is 0 Å². The van der Waals surface area contributed by atoms with E-state index in [0.29, 0.717) is 0 Å². The molecule has 4 heteroatoms. The first-order chi connectivity index (χ1) is 10.2. The Morgan fingerprint density at radius 2 is 1.95 bits per heavy atom. The van der Waals surface area contributed by atoms with Gasteiger partial charge in [-0.05, 0) is 49.4 Å². The van der Waals surface area contributed by atoms with E-state index in [9.17, 15) is 0 Å². The summed E-state index contributed by atoms with van der Waals surface area (Å²) in [6.45, 7) is 4.94. The highest BCUT2D eigenvalue weighted by Gasteiger charge is 2.18. The van der Waals surface area contributed by atoms with Crippen molar-refractivity contribution < 1.29 is 9.47 Å². The molecular formula is C17H22N2O2. The van der Waals surface area contributed by atoms with Crippen molar-refractivity contribution in [3.8, 4) is 11.5 Å². The van der Waals surface area contributed by atoms with Crippen LogP contribution in [0.15, 0.2) is 36.5 Å². The molecule has 0 amide bonds. The lowest BCUT2D eigenvalue weighted by Crippen LogP contribution is -2.22. The van der Waals surface area contributed by atoms with E-state index in [1.807, 2.05) is 37.4 Å². The summed E-state index contributed by atoms with van der Waals surface area (Å²) in [5, 5.41) is 3.51. The van der Waals surface area contributed by atoms with Crippen molar-refractivity contribution in [3.63, 3.8) is 0 Å². The number of ether oxygens (including phenoxy) is 2. The van der Waals surface area contributed by atoms with Crippen molar-refractivity contribution in [2.75, 3.05) is 20.8 Å². The van der Waals surface area contributed by atoms with Crippen molar-refractivity contribution in [2.24, 2.45) is 0 Å². The highest BCUT2D eigenvalue weighted by molar-refractivity contribution is 5.46. The van der Waals surface area contributed by atoms with Crippen LogP contribution in [0.1, 0.15) is 29.8 Å². The molecule has 0 spiro atoms. The fourth-order valence-electron chi connectivity index (χ4n) is 2.42. The minimum atomic E-state index is 0.0433. The van der Waals surface area contributed by atoms with Crippen LogP contribution in [0.4, 0.5) is 0 Å². The molecule has 112 valence electrons. The Kier molecular flexibility index (Phi) is 5.17. The summed E-state index contributed by atoms with van der Waals surface area (Å²) in [5.41, 5.74) is 3.22. The molecule has 21 heavy (non-hydrogen) atoms. The first-order valence-corrected chi connectivity index (χ1v) is 7.07. The number of nitrogens with zero attached hydrogens (tertiary/aromatic N) is 1. The zero-order valence-electron chi connectivity index (χ0n) is 13.0. The molecule has 2 rings (SSSR count). The molecule has 4 nitrogen and oxygen atoms in total. The lowest BCUT2D eigenvalue weighted by Gasteiger charge is -2.22. The van der Waals surface area contributed by atoms with Gasteiger partial charge in [0.05, 0.1) is 20.3 Å². The van der Waals surface area contributed by atoms with Gasteiger partial charge >= 0.3 is 0 Å². The second-order valence-electron chi connectivity index (χ2n) is 4.83. The zero-order valence-corrected chi connectivity index (χ0v) is 13.0. The number of aryl methyl sites for hydroxylation is 1. The Bertz CT molecular complexity index is 599. The molecule has 1 heterocycles. The van der Waals surface area contributed by atoms with Gasteiger partial charge in [-0.25, -0.2) is 0 Å². The monoisotopic (exact) mass is 286 g/mol. The van der Waals surface area contributed by atoms with Gasteiger partial charge < -0.3 is 14.8 Å². The van der Waals surface area contributed by atoms with Crippen LogP contribution < -0.4 is 14.8 Å². The van der Waals surface area contributed by atoms with Crippen LogP contribution in [0.25, 0.3) is 0 Å². The molecule has 2 aromatic rings. The van der Waals surface area contributed by atoms with Crippen LogP contribution in [0, 0.1) is 6.92 Å². The number of methoxy groups -OCH3 is 2. The predicted molar refractivity (Wildman–Crippen MR) is 84.0 cm³/mol. The van der Waals surface area contributed by atoms with Crippen LogP contribution >= 0.6 is 0 Å². The zero-order chi connectivity index (χ0) is 15.2. The van der Waals surface area contributed by atoms with Gasteiger partial charge in [0.1, 0.15) is 11.5 Å². The normalized spacial score (nSPS) is 12.0. The van der Waals surface area contributed by atoms with Gasteiger partial charge in [-0.1, -0.05) is 6.92 Å². The van der Waals surface area contributed by atoms with Crippen LogP contribution in [-0.2, 0) is 0 Å². The highest BCUT2D eigenvalue weighted by atomic mass is 16.5. The minimum Gasteiger partial charge on any atom is -0.497 e. The van der Waals surface area contributed by atoms with Gasteiger partial charge in [-0.2, -0.15) is 0 Å². The van der Waals surface area contributed by atoms with Crippen molar-refractivity contribution in [2.45, 2.75) is 19.9 Å². The van der Waals surface area contributed by atoms with Crippen molar-refractivity contribution >= 4 is 0 Å². The fourth-order valence-corrected chi connectivity index (χ4v) is 2.42. The Balaban J connectivity index is 2.51. The SMILES string of the molecule is CCNC(c1ccnc(C)c1)c1cc(OC)ccc1OC. The maximum Gasteiger partial charge on any atom is 0.124 e. The molecule has 1 aromatic heterocycles. The number of pyridine rings is 1. The Morgan fingerprint density at radius 1 is 1.14 bits per heavy atom. The number of benzene rings is 1. The second-order valence-corrected chi connectivity index (χ2v) is 4.83. The second kappa shape index (κ2) is 7.09. The van der Waals surface area contributed by atoms with E-state index in [-0.39, 0.29) is 6.04 Å². The lowest BCUT2D eigenvalue weighted by atomic mass is 9.97. The first-order valence-electron chi connectivity index (χ1n) is 7.07. The van der Waals surface area contributed by atoms with E-state index in [2.05, 4.69) is 23.3 Å². The van der Waals surface area contributed by atoms with E-state index < -0.39 is 0 Å². The molecule has 1 atom stereocenters. The molecule has 1 unspecified atom stereocenters. The van der Waals surface area contributed by atoms with Crippen LogP contribution in [0.3, 0.4) is 0 Å². The molecule has 0 saturated heterocycles. The molecule has 0 saturated carbocycles. The van der Waals surface area contributed by atoms with E-state index in [4.69, 9.17) is 9.47 Å². The van der Waals surface area contributed by atoms with Crippen molar-refractivity contribution in [1.29, 1.82) is 0 Å². The maximum absolute atomic E-state index is 5.51. The Morgan fingerprint density at radius 3 is 2.57 bits per heavy atom. The first kappa shape index (κ1) is 15.3. The van der Waals surface area contributed by atoms with Crippen LogP contribution in [0.2, 0.25) is 0 Å². The minimum absolute atomic E-state index is 0.0433. The number of hydrogen-bond acceptors (Lipinski definition) is 4. The van der Waals surface area contributed by atoms with Crippen molar-refractivity contribution in [1.82, 2.24) is 10.3 Å². The van der Waals surface area contributed by atoms with Crippen molar-refractivity contribution in [3.05, 3.63) is 53.3 Å². The molecule has 0 bridgehead atoms. The Hall–Kier alpha value is -2.07. The molecule has 0 aliphatic heterocycles. The highest BCUT2D eigenvalue weighted by Crippen LogP contribution is 2.33. The van der Waals surface area contributed by atoms with E-state index in [0.717, 1.165) is 34.9 Å². The summed E-state index contributed by atoms with van der Waals surface area (Å²) < 4.78 is 10.9. The third kappa shape index (κ3) is 3.52. The lowest BCUT2D eigenvalue weighted by molar-refractivity contribution is 0.394. The molecular weight excluding hydrogens is 264 g/mol. The van der Waals surface area contributed by atoms with Gasteiger partial charge in [0.25, 0.3) is 0 Å². The maximum atomic E-state index is 5.51. The fraction of sp³-hybridized carbons (Fsp3) is 0.353. The number of aromatic nitrogens is 1. The molecule has 0 aliphatic rings.